The van der Waals surface area contributed by atoms with Gasteiger partial charge in [-0.3, -0.25) is 0 Å². The van der Waals surface area contributed by atoms with E-state index in [2.05, 4.69) is 24.3 Å². The molecule has 1 aromatic carbocycles. The van der Waals surface area contributed by atoms with Crippen molar-refractivity contribution in [1.82, 2.24) is 0 Å². The zero-order valence-corrected chi connectivity index (χ0v) is 9.28. The van der Waals surface area contributed by atoms with Gasteiger partial charge in [-0.15, -0.1) is 0 Å². The minimum atomic E-state index is 0.184. The summed E-state index contributed by atoms with van der Waals surface area (Å²) in [5.41, 5.74) is 9.06. The maximum atomic E-state index is 6.09. The Balaban J connectivity index is 2.05. The monoisotopic (exact) mass is 205 g/mol. The molecule has 2 atom stereocenters. The SMILES string of the molecule is COCC(N)C1CCc2ccccc2C1. The Labute approximate surface area is 91.4 Å². The normalized spacial score (nSPS) is 22.1. The van der Waals surface area contributed by atoms with E-state index in [1.807, 2.05) is 0 Å². The molecular formula is C13H19NO. The standard InChI is InChI=1S/C13H19NO/c1-15-9-13(14)12-7-6-10-4-2-3-5-11(10)8-12/h2-5,12-13H,6-9,14H2,1H3. The van der Waals surface area contributed by atoms with Gasteiger partial charge in [0, 0.05) is 13.2 Å². The lowest BCUT2D eigenvalue weighted by Crippen LogP contribution is -2.37. The van der Waals surface area contributed by atoms with Crippen LogP contribution in [0.1, 0.15) is 17.5 Å². The highest BCUT2D eigenvalue weighted by atomic mass is 16.5. The first-order chi connectivity index (χ1) is 7.31. The van der Waals surface area contributed by atoms with Crippen molar-refractivity contribution >= 4 is 0 Å². The maximum absolute atomic E-state index is 6.09. The van der Waals surface area contributed by atoms with Crippen LogP contribution in [0, 0.1) is 5.92 Å². The summed E-state index contributed by atoms with van der Waals surface area (Å²) >= 11 is 0. The minimum Gasteiger partial charge on any atom is -0.383 e. The molecule has 0 bridgehead atoms. The van der Waals surface area contributed by atoms with Gasteiger partial charge < -0.3 is 10.5 Å². The third kappa shape index (κ3) is 2.39. The molecule has 2 nitrogen and oxygen atoms in total. The predicted molar refractivity (Wildman–Crippen MR) is 61.8 cm³/mol. The van der Waals surface area contributed by atoms with Crippen LogP contribution < -0.4 is 5.73 Å². The van der Waals surface area contributed by atoms with Crippen molar-refractivity contribution < 1.29 is 4.74 Å². The van der Waals surface area contributed by atoms with Gasteiger partial charge in [0.1, 0.15) is 0 Å². The Bertz CT molecular complexity index is 324. The molecule has 1 aliphatic rings. The van der Waals surface area contributed by atoms with Gasteiger partial charge in [0.25, 0.3) is 0 Å². The number of benzene rings is 1. The van der Waals surface area contributed by atoms with Crippen molar-refractivity contribution in [2.45, 2.75) is 25.3 Å². The lowest BCUT2D eigenvalue weighted by molar-refractivity contribution is 0.152. The van der Waals surface area contributed by atoms with Crippen LogP contribution in [0.25, 0.3) is 0 Å². The number of hydrogen-bond acceptors (Lipinski definition) is 2. The van der Waals surface area contributed by atoms with Crippen LogP contribution in [-0.4, -0.2) is 19.8 Å². The average molecular weight is 205 g/mol. The zero-order chi connectivity index (χ0) is 10.7. The molecular weight excluding hydrogens is 186 g/mol. The number of hydrogen-bond donors (Lipinski definition) is 1. The smallest absolute Gasteiger partial charge is 0.0616 e. The zero-order valence-electron chi connectivity index (χ0n) is 9.28. The first kappa shape index (κ1) is 10.7. The summed E-state index contributed by atoms with van der Waals surface area (Å²) < 4.78 is 5.12. The van der Waals surface area contributed by atoms with Crippen LogP contribution >= 0.6 is 0 Å². The molecule has 0 heterocycles. The molecule has 82 valence electrons. The van der Waals surface area contributed by atoms with Crippen LogP contribution in [-0.2, 0) is 17.6 Å². The van der Waals surface area contributed by atoms with E-state index in [0.29, 0.717) is 12.5 Å². The van der Waals surface area contributed by atoms with Crippen LogP contribution in [0.5, 0.6) is 0 Å². The summed E-state index contributed by atoms with van der Waals surface area (Å²) in [6.45, 7) is 0.673. The van der Waals surface area contributed by atoms with E-state index in [4.69, 9.17) is 10.5 Å². The summed E-state index contributed by atoms with van der Waals surface area (Å²) in [4.78, 5) is 0. The van der Waals surface area contributed by atoms with Gasteiger partial charge in [-0.25, -0.2) is 0 Å². The van der Waals surface area contributed by atoms with Crippen molar-refractivity contribution in [3.8, 4) is 0 Å². The van der Waals surface area contributed by atoms with Crippen LogP contribution in [0.2, 0.25) is 0 Å². The van der Waals surface area contributed by atoms with E-state index in [1.165, 1.54) is 17.5 Å². The first-order valence-corrected chi connectivity index (χ1v) is 5.62. The molecule has 0 radical (unpaired) electrons. The minimum absolute atomic E-state index is 0.184. The topological polar surface area (TPSA) is 35.2 Å². The molecule has 0 saturated carbocycles. The fourth-order valence-corrected chi connectivity index (χ4v) is 2.42. The maximum Gasteiger partial charge on any atom is 0.0616 e. The summed E-state index contributed by atoms with van der Waals surface area (Å²) in [6.07, 6.45) is 3.47. The van der Waals surface area contributed by atoms with E-state index in [-0.39, 0.29) is 6.04 Å². The summed E-state index contributed by atoms with van der Waals surface area (Å²) in [6, 6.07) is 8.87. The number of aryl methyl sites for hydroxylation is 1. The van der Waals surface area contributed by atoms with E-state index < -0.39 is 0 Å². The molecule has 0 aromatic heterocycles. The highest BCUT2D eigenvalue weighted by Gasteiger charge is 2.23. The van der Waals surface area contributed by atoms with Gasteiger partial charge in [-0.1, -0.05) is 24.3 Å². The number of rotatable bonds is 3. The first-order valence-electron chi connectivity index (χ1n) is 5.62. The summed E-state index contributed by atoms with van der Waals surface area (Å²) in [5.74, 6) is 0.583. The van der Waals surface area contributed by atoms with Gasteiger partial charge in [0.2, 0.25) is 0 Å². The van der Waals surface area contributed by atoms with Crippen molar-refractivity contribution in [1.29, 1.82) is 0 Å². The lowest BCUT2D eigenvalue weighted by Gasteiger charge is -2.28. The third-order valence-corrected chi connectivity index (χ3v) is 3.35. The molecule has 0 spiro atoms. The molecule has 1 aliphatic carbocycles. The second-order valence-corrected chi connectivity index (χ2v) is 4.39. The van der Waals surface area contributed by atoms with Crippen molar-refractivity contribution in [2.24, 2.45) is 11.7 Å². The summed E-state index contributed by atoms with van der Waals surface area (Å²) in [7, 11) is 1.72. The molecule has 15 heavy (non-hydrogen) atoms. The molecule has 0 aliphatic heterocycles. The number of fused-ring (bicyclic) bond motifs is 1. The fraction of sp³-hybridized carbons (Fsp3) is 0.538. The van der Waals surface area contributed by atoms with Crippen LogP contribution in [0.4, 0.5) is 0 Å². The molecule has 2 heteroatoms. The Hall–Kier alpha value is -0.860. The van der Waals surface area contributed by atoms with Gasteiger partial charge in [0.15, 0.2) is 0 Å². The van der Waals surface area contributed by atoms with Crippen LogP contribution in [0.15, 0.2) is 24.3 Å². The van der Waals surface area contributed by atoms with Crippen LogP contribution in [0.3, 0.4) is 0 Å². The largest absolute Gasteiger partial charge is 0.383 e. The molecule has 2 unspecified atom stereocenters. The predicted octanol–water partition coefficient (Wildman–Crippen LogP) is 1.77. The number of ether oxygens (including phenoxy) is 1. The van der Waals surface area contributed by atoms with Gasteiger partial charge in [-0.05, 0) is 36.3 Å². The molecule has 2 N–H and O–H groups in total. The van der Waals surface area contributed by atoms with E-state index in [1.54, 1.807) is 7.11 Å². The fourth-order valence-electron chi connectivity index (χ4n) is 2.42. The average Bonchev–Trinajstić information content (AvgIpc) is 2.29. The molecule has 0 saturated heterocycles. The van der Waals surface area contributed by atoms with Crippen molar-refractivity contribution in [3.05, 3.63) is 35.4 Å². The van der Waals surface area contributed by atoms with Crippen molar-refractivity contribution in [3.63, 3.8) is 0 Å². The van der Waals surface area contributed by atoms with E-state index in [9.17, 15) is 0 Å². The number of nitrogens with two attached hydrogens (primary N) is 1. The van der Waals surface area contributed by atoms with E-state index >= 15 is 0 Å². The van der Waals surface area contributed by atoms with Gasteiger partial charge >= 0.3 is 0 Å². The number of methoxy groups -OCH3 is 1. The quantitative estimate of drug-likeness (QED) is 0.816. The highest BCUT2D eigenvalue weighted by Crippen LogP contribution is 2.26. The molecule has 1 aromatic rings. The van der Waals surface area contributed by atoms with Gasteiger partial charge in [-0.2, -0.15) is 0 Å². The summed E-state index contributed by atoms with van der Waals surface area (Å²) in [5, 5.41) is 0. The van der Waals surface area contributed by atoms with Gasteiger partial charge in [0.05, 0.1) is 6.61 Å². The lowest BCUT2D eigenvalue weighted by atomic mass is 9.80. The Morgan fingerprint density at radius 2 is 2.13 bits per heavy atom. The van der Waals surface area contributed by atoms with E-state index in [0.717, 1.165) is 12.8 Å². The second-order valence-electron chi connectivity index (χ2n) is 4.39. The molecule has 2 rings (SSSR count). The van der Waals surface area contributed by atoms with Crippen molar-refractivity contribution in [2.75, 3.05) is 13.7 Å². The Morgan fingerprint density at radius 3 is 2.87 bits per heavy atom. The second kappa shape index (κ2) is 4.77. The Kier molecular flexibility index (Phi) is 3.39. The molecule has 0 amide bonds. The molecule has 0 fully saturated rings. The third-order valence-electron chi connectivity index (χ3n) is 3.35. The Morgan fingerprint density at radius 1 is 1.40 bits per heavy atom. The highest BCUT2D eigenvalue weighted by molar-refractivity contribution is 5.29.